The summed E-state index contributed by atoms with van der Waals surface area (Å²) >= 11 is 5.88. The van der Waals surface area contributed by atoms with Gasteiger partial charge in [-0.25, -0.2) is 0 Å². The van der Waals surface area contributed by atoms with Gasteiger partial charge in [0.25, 0.3) is 0 Å². The van der Waals surface area contributed by atoms with Gasteiger partial charge in [-0.3, -0.25) is 4.99 Å². The Hall–Kier alpha value is -2.17. The highest BCUT2D eigenvalue weighted by Crippen LogP contribution is 2.19. The minimum absolute atomic E-state index is 0. The zero-order chi connectivity index (χ0) is 19.1. The number of aromatic nitrogens is 2. The van der Waals surface area contributed by atoms with E-state index in [1.807, 2.05) is 36.4 Å². The second-order valence-corrected chi connectivity index (χ2v) is 6.19. The quantitative estimate of drug-likeness (QED) is 0.280. The van der Waals surface area contributed by atoms with E-state index in [-0.39, 0.29) is 24.0 Å². The number of halogens is 2. The summed E-state index contributed by atoms with van der Waals surface area (Å²) in [6.07, 6.45) is 0.489. The third-order valence-corrected chi connectivity index (χ3v) is 4.01. The Morgan fingerprint density at radius 2 is 1.96 bits per heavy atom. The lowest BCUT2D eigenvalue weighted by Gasteiger charge is -2.10. The van der Waals surface area contributed by atoms with Crippen LogP contribution in [0.2, 0.25) is 5.02 Å². The maximum atomic E-state index is 5.96. The second-order valence-electron chi connectivity index (χ2n) is 5.75. The maximum Gasteiger partial charge on any atom is 0.228 e. The molecule has 0 fully saturated rings. The number of methoxy groups -OCH3 is 1. The molecule has 0 amide bonds. The fourth-order valence-electron chi connectivity index (χ4n) is 2.45. The Morgan fingerprint density at radius 3 is 2.71 bits per heavy atom. The van der Waals surface area contributed by atoms with E-state index in [4.69, 9.17) is 26.6 Å². The zero-order valence-corrected chi connectivity index (χ0v) is 18.3. The number of guanidine groups is 1. The Kier molecular flexibility index (Phi) is 8.68. The van der Waals surface area contributed by atoms with Crippen LogP contribution in [-0.2, 0) is 17.8 Å². The third-order valence-electron chi connectivity index (χ3n) is 3.76. The highest BCUT2D eigenvalue weighted by molar-refractivity contribution is 14.0. The molecule has 0 radical (unpaired) electrons. The number of hydrogen-bond donors (Lipinski definition) is 2. The van der Waals surface area contributed by atoms with Gasteiger partial charge in [-0.2, -0.15) is 4.98 Å². The van der Waals surface area contributed by atoms with Gasteiger partial charge in [0.15, 0.2) is 5.96 Å². The molecular weight excluding hydrogens is 493 g/mol. The highest BCUT2D eigenvalue weighted by atomic mass is 127. The lowest BCUT2D eigenvalue weighted by Crippen LogP contribution is -2.23. The van der Waals surface area contributed by atoms with Crippen molar-refractivity contribution >= 4 is 47.2 Å². The fourth-order valence-corrected chi connectivity index (χ4v) is 2.57. The van der Waals surface area contributed by atoms with Gasteiger partial charge in [-0.05, 0) is 30.3 Å². The predicted octanol–water partition coefficient (Wildman–Crippen LogP) is 4.12. The lowest BCUT2D eigenvalue weighted by atomic mass is 10.2. The molecule has 3 N–H and O–H groups in total. The van der Waals surface area contributed by atoms with E-state index in [1.165, 1.54) is 0 Å². The summed E-state index contributed by atoms with van der Waals surface area (Å²) in [6, 6.07) is 15.0. The number of nitrogens with one attached hydrogen (secondary N) is 1. The van der Waals surface area contributed by atoms with E-state index in [1.54, 1.807) is 19.2 Å². The molecule has 9 heteroatoms. The first-order valence-corrected chi connectivity index (χ1v) is 8.76. The van der Waals surface area contributed by atoms with Gasteiger partial charge in [0.1, 0.15) is 0 Å². The number of para-hydroxylation sites is 1. The van der Waals surface area contributed by atoms with E-state index >= 15 is 0 Å². The molecule has 0 atom stereocenters. The summed E-state index contributed by atoms with van der Waals surface area (Å²) < 4.78 is 10.4. The first-order valence-electron chi connectivity index (χ1n) is 8.38. The molecule has 1 aromatic heterocycles. The van der Waals surface area contributed by atoms with Crippen LogP contribution in [0.5, 0.6) is 0 Å². The number of aliphatic imine (C=N–C) groups is 1. The fraction of sp³-hybridized carbons (Fsp3) is 0.211. The van der Waals surface area contributed by atoms with Crippen LogP contribution in [0.4, 0.5) is 5.69 Å². The molecule has 0 aliphatic carbocycles. The molecule has 0 unspecified atom stereocenters. The summed E-state index contributed by atoms with van der Waals surface area (Å²) in [7, 11) is 1.65. The number of benzene rings is 2. The number of hydrogen-bond acceptors (Lipinski definition) is 5. The Balaban J connectivity index is 0.00000280. The van der Waals surface area contributed by atoms with Crippen LogP contribution >= 0.6 is 35.6 Å². The molecule has 28 heavy (non-hydrogen) atoms. The van der Waals surface area contributed by atoms with Gasteiger partial charge in [0.2, 0.25) is 11.7 Å². The zero-order valence-electron chi connectivity index (χ0n) is 15.3. The molecule has 0 spiro atoms. The molecule has 0 saturated carbocycles. The number of nitrogens with two attached hydrogens (primary N) is 1. The summed E-state index contributed by atoms with van der Waals surface area (Å²) in [5.74, 6) is 1.33. The SMILES string of the molecule is COCc1ccccc1NC(N)=NCCc1nc(-c2ccc(Cl)cc2)no1.I. The van der Waals surface area contributed by atoms with E-state index in [9.17, 15) is 0 Å². The van der Waals surface area contributed by atoms with Crippen molar-refractivity contribution in [2.24, 2.45) is 10.7 Å². The van der Waals surface area contributed by atoms with Gasteiger partial charge in [-0.1, -0.05) is 35.0 Å². The monoisotopic (exact) mass is 513 g/mol. The minimum atomic E-state index is 0. The first kappa shape index (κ1) is 22.1. The average Bonchev–Trinajstić information content (AvgIpc) is 3.13. The van der Waals surface area contributed by atoms with Crippen molar-refractivity contribution in [1.82, 2.24) is 10.1 Å². The van der Waals surface area contributed by atoms with Crippen molar-refractivity contribution in [3.63, 3.8) is 0 Å². The topological polar surface area (TPSA) is 98.6 Å². The molecule has 2 aromatic carbocycles. The second kappa shape index (κ2) is 11.0. The molecule has 0 saturated heterocycles. The van der Waals surface area contributed by atoms with Crippen molar-refractivity contribution in [2.45, 2.75) is 13.0 Å². The average molecular weight is 514 g/mol. The van der Waals surface area contributed by atoms with Crippen LogP contribution in [0.25, 0.3) is 11.4 Å². The van der Waals surface area contributed by atoms with Gasteiger partial charge in [-0.15, -0.1) is 24.0 Å². The molecule has 0 aliphatic heterocycles. The van der Waals surface area contributed by atoms with E-state index in [0.29, 0.717) is 42.3 Å². The van der Waals surface area contributed by atoms with Gasteiger partial charge in [0.05, 0.1) is 13.2 Å². The van der Waals surface area contributed by atoms with Crippen molar-refractivity contribution in [3.8, 4) is 11.4 Å². The highest BCUT2D eigenvalue weighted by Gasteiger charge is 2.08. The van der Waals surface area contributed by atoms with Gasteiger partial charge >= 0.3 is 0 Å². The molecular formula is C19H21ClIN5O2. The van der Waals surface area contributed by atoms with Crippen molar-refractivity contribution in [2.75, 3.05) is 19.0 Å². The van der Waals surface area contributed by atoms with Crippen LogP contribution < -0.4 is 11.1 Å². The Bertz CT molecular complexity index is 915. The Labute approximate surface area is 185 Å². The van der Waals surface area contributed by atoms with E-state index < -0.39 is 0 Å². The van der Waals surface area contributed by atoms with Crippen molar-refractivity contribution in [3.05, 3.63) is 65.0 Å². The number of anilines is 1. The van der Waals surface area contributed by atoms with Crippen LogP contribution in [0.3, 0.4) is 0 Å². The van der Waals surface area contributed by atoms with E-state index in [2.05, 4.69) is 20.4 Å². The number of ether oxygens (including phenoxy) is 1. The summed E-state index contributed by atoms with van der Waals surface area (Å²) in [4.78, 5) is 8.67. The molecule has 0 aliphatic rings. The van der Waals surface area contributed by atoms with Crippen LogP contribution in [0.1, 0.15) is 11.5 Å². The smallest absolute Gasteiger partial charge is 0.228 e. The molecule has 7 nitrogen and oxygen atoms in total. The van der Waals surface area contributed by atoms with E-state index in [0.717, 1.165) is 16.8 Å². The molecule has 0 bridgehead atoms. The molecule has 1 heterocycles. The maximum absolute atomic E-state index is 5.96. The Morgan fingerprint density at radius 1 is 1.21 bits per heavy atom. The van der Waals surface area contributed by atoms with Crippen LogP contribution in [0, 0.1) is 0 Å². The van der Waals surface area contributed by atoms with Crippen LogP contribution in [0.15, 0.2) is 58.0 Å². The normalized spacial score (nSPS) is 11.1. The molecule has 3 rings (SSSR count). The first-order chi connectivity index (χ1) is 13.2. The predicted molar refractivity (Wildman–Crippen MR) is 121 cm³/mol. The number of nitrogens with zero attached hydrogens (tertiary/aromatic N) is 3. The lowest BCUT2D eigenvalue weighted by molar-refractivity contribution is 0.185. The number of rotatable bonds is 7. The minimum Gasteiger partial charge on any atom is -0.380 e. The summed E-state index contributed by atoms with van der Waals surface area (Å²) in [5.41, 5.74) is 8.67. The van der Waals surface area contributed by atoms with Gasteiger partial charge < -0.3 is 20.3 Å². The van der Waals surface area contributed by atoms with Crippen molar-refractivity contribution in [1.29, 1.82) is 0 Å². The van der Waals surface area contributed by atoms with Gasteiger partial charge in [0, 0.05) is 35.4 Å². The molecule has 148 valence electrons. The van der Waals surface area contributed by atoms with Crippen molar-refractivity contribution < 1.29 is 9.26 Å². The standard InChI is InChI=1S/C19H20ClN5O2.HI/c1-26-12-14-4-2-3-5-16(14)23-19(21)22-11-10-17-24-18(25-27-17)13-6-8-15(20)9-7-13;/h2-9H,10-12H2,1H3,(H3,21,22,23);1H. The summed E-state index contributed by atoms with van der Waals surface area (Å²) in [6.45, 7) is 0.916. The third kappa shape index (κ3) is 6.18. The van der Waals surface area contributed by atoms with Crippen LogP contribution in [-0.4, -0.2) is 29.8 Å². The molecule has 3 aromatic rings. The largest absolute Gasteiger partial charge is 0.380 e. The summed E-state index contributed by atoms with van der Waals surface area (Å²) in [5, 5.41) is 7.72.